The highest BCUT2D eigenvalue weighted by atomic mass is 32.2. The van der Waals surface area contributed by atoms with E-state index in [-0.39, 0.29) is 18.2 Å². The molecule has 0 fully saturated rings. The molecule has 1 atom stereocenters. The monoisotopic (exact) mass is 403 g/mol. The molecule has 1 aromatic heterocycles. The van der Waals surface area contributed by atoms with E-state index in [1.165, 1.54) is 6.07 Å². The van der Waals surface area contributed by atoms with Crippen LogP contribution in [0.3, 0.4) is 0 Å². The van der Waals surface area contributed by atoms with Crippen molar-refractivity contribution in [2.45, 2.75) is 29.3 Å². The summed E-state index contributed by atoms with van der Waals surface area (Å²) in [6, 6.07) is 4.62. The fraction of sp³-hybridized carbons (Fsp3) is 0.250. The second-order valence-corrected chi connectivity index (χ2v) is 8.02. The van der Waals surface area contributed by atoms with Crippen LogP contribution in [0, 0.1) is 0 Å². The number of fused-ring (bicyclic) bond motifs is 2. The molecule has 0 spiro atoms. The zero-order valence-electron chi connectivity index (χ0n) is 13.6. The number of sulfone groups is 1. The normalized spacial score (nSPS) is 18.0. The number of hydrogen-bond donors (Lipinski definition) is 2. The minimum absolute atomic E-state index is 0.0933. The Morgan fingerprint density at radius 1 is 1.26 bits per heavy atom. The molecule has 0 saturated carbocycles. The van der Waals surface area contributed by atoms with Gasteiger partial charge in [-0.25, -0.2) is 8.42 Å². The number of furan rings is 1. The van der Waals surface area contributed by atoms with Crippen LogP contribution in [0.5, 0.6) is 0 Å². The smallest absolute Gasteiger partial charge is 0.426 e. The van der Waals surface area contributed by atoms with E-state index in [0.717, 1.165) is 24.5 Å². The Bertz CT molecular complexity index is 1050. The van der Waals surface area contributed by atoms with Crippen molar-refractivity contribution in [2.75, 3.05) is 5.32 Å². The van der Waals surface area contributed by atoms with Crippen LogP contribution in [-0.4, -0.2) is 37.0 Å². The summed E-state index contributed by atoms with van der Waals surface area (Å²) >= 11 is 0. The van der Waals surface area contributed by atoms with E-state index in [2.05, 4.69) is 0 Å². The molecule has 2 aromatic rings. The molecule has 0 bridgehead atoms. The van der Waals surface area contributed by atoms with E-state index in [4.69, 9.17) is 4.42 Å². The van der Waals surface area contributed by atoms with Crippen LogP contribution in [0.25, 0.3) is 0 Å². The fourth-order valence-electron chi connectivity index (χ4n) is 2.55. The van der Waals surface area contributed by atoms with Crippen LogP contribution in [0.15, 0.2) is 39.8 Å². The molecule has 0 radical (unpaired) electrons. The number of amides is 1. The summed E-state index contributed by atoms with van der Waals surface area (Å²) in [6.07, 6.45) is -4.17. The van der Waals surface area contributed by atoms with Gasteiger partial charge in [0.15, 0.2) is 15.6 Å². The summed E-state index contributed by atoms with van der Waals surface area (Å²) in [7, 11) is -4.03. The predicted octanol–water partition coefficient (Wildman–Crippen LogP) is 2.05. The highest BCUT2D eigenvalue weighted by molar-refractivity contribution is 7.90. The highest BCUT2D eigenvalue weighted by Crippen LogP contribution is 2.36. The first-order valence-corrected chi connectivity index (χ1v) is 9.09. The third-order valence-corrected chi connectivity index (χ3v) is 5.83. The SMILES string of the molecule is CC(O)(C(=O)Nc1cccc2c1C(=O)c1occc1CS2(=O)=O)C(F)(F)F. The lowest BCUT2D eigenvalue weighted by atomic mass is 10.0. The van der Waals surface area contributed by atoms with Gasteiger partial charge in [0.25, 0.3) is 5.91 Å². The summed E-state index contributed by atoms with van der Waals surface area (Å²) in [5, 5.41) is 11.3. The van der Waals surface area contributed by atoms with E-state index < -0.39 is 55.2 Å². The van der Waals surface area contributed by atoms with Crippen molar-refractivity contribution in [3.63, 3.8) is 0 Å². The molecule has 1 aliphatic rings. The van der Waals surface area contributed by atoms with E-state index in [1.54, 1.807) is 5.32 Å². The summed E-state index contributed by atoms with van der Waals surface area (Å²) < 4.78 is 68.7. The number of alkyl halides is 3. The Morgan fingerprint density at radius 2 is 1.93 bits per heavy atom. The molecule has 0 aliphatic carbocycles. The summed E-state index contributed by atoms with van der Waals surface area (Å²) in [4.78, 5) is 24.2. The van der Waals surface area contributed by atoms with Crippen molar-refractivity contribution in [1.29, 1.82) is 0 Å². The van der Waals surface area contributed by atoms with Gasteiger partial charge < -0.3 is 14.8 Å². The zero-order valence-corrected chi connectivity index (χ0v) is 14.4. The number of nitrogens with one attached hydrogen (secondary N) is 1. The van der Waals surface area contributed by atoms with Crippen LogP contribution < -0.4 is 5.32 Å². The summed E-state index contributed by atoms with van der Waals surface area (Å²) in [5.74, 6) is -3.61. The minimum atomic E-state index is -5.28. The van der Waals surface area contributed by atoms with Gasteiger partial charge in [0, 0.05) is 5.56 Å². The molecular weight excluding hydrogens is 391 g/mol. The van der Waals surface area contributed by atoms with Gasteiger partial charge in [-0.15, -0.1) is 0 Å². The standard InChI is InChI=1S/C16H12F3NO6S/c1-15(23,16(17,18)19)14(22)20-9-3-2-4-10-11(9)12(21)13-8(5-6-26-13)7-27(10,24)25/h2-6,23H,7H2,1H3,(H,20,22). The third-order valence-electron chi connectivity index (χ3n) is 4.13. The van der Waals surface area contributed by atoms with Gasteiger partial charge in [-0.3, -0.25) is 9.59 Å². The lowest BCUT2D eigenvalue weighted by Gasteiger charge is -2.25. The third kappa shape index (κ3) is 3.02. The number of hydrogen-bond acceptors (Lipinski definition) is 6. The van der Waals surface area contributed by atoms with E-state index in [0.29, 0.717) is 0 Å². The Hall–Kier alpha value is -2.66. The molecule has 1 aliphatic heterocycles. The predicted molar refractivity (Wildman–Crippen MR) is 84.8 cm³/mol. The van der Waals surface area contributed by atoms with Gasteiger partial charge in [-0.2, -0.15) is 13.2 Å². The topological polar surface area (TPSA) is 114 Å². The molecule has 2 heterocycles. The van der Waals surface area contributed by atoms with Crippen molar-refractivity contribution in [2.24, 2.45) is 0 Å². The van der Waals surface area contributed by atoms with Crippen molar-refractivity contribution in [1.82, 2.24) is 0 Å². The Labute approximate surface area is 150 Å². The highest BCUT2D eigenvalue weighted by Gasteiger charge is 2.56. The zero-order chi connectivity index (χ0) is 20.2. The molecular formula is C16H12F3NO6S. The Morgan fingerprint density at radius 3 is 2.56 bits per heavy atom. The lowest BCUT2D eigenvalue weighted by molar-refractivity contribution is -0.242. The molecule has 11 heteroatoms. The number of halogens is 3. The Kier molecular flexibility index (Phi) is 4.19. The van der Waals surface area contributed by atoms with Crippen molar-refractivity contribution < 1.29 is 40.7 Å². The summed E-state index contributed by atoms with van der Waals surface area (Å²) in [5.41, 5.74) is -4.67. The van der Waals surface area contributed by atoms with Gasteiger partial charge in [0.05, 0.1) is 28.2 Å². The van der Waals surface area contributed by atoms with Crippen molar-refractivity contribution in [3.05, 3.63) is 47.4 Å². The van der Waals surface area contributed by atoms with Gasteiger partial charge in [0.2, 0.25) is 11.4 Å². The van der Waals surface area contributed by atoms with Gasteiger partial charge in [-0.05, 0) is 25.1 Å². The molecule has 2 N–H and O–H groups in total. The van der Waals surface area contributed by atoms with Crippen LogP contribution in [0.2, 0.25) is 0 Å². The number of ketones is 1. The van der Waals surface area contributed by atoms with Crippen molar-refractivity contribution in [3.8, 4) is 0 Å². The van der Waals surface area contributed by atoms with Crippen LogP contribution in [0.4, 0.5) is 18.9 Å². The molecule has 3 rings (SSSR count). The molecule has 1 unspecified atom stereocenters. The number of anilines is 1. The van der Waals surface area contributed by atoms with Gasteiger partial charge in [0.1, 0.15) is 0 Å². The summed E-state index contributed by atoms with van der Waals surface area (Å²) in [6.45, 7) is 0.243. The first-order valence-electron chi connectivity index (χ1n) is 7.43. The first kappa shape index (κ1) is 19.1. The number of carbonyl (C=O) groups excluding carboxylic acids is 2. The lowest BCUT2D eigenvalue weighted by Crippen LogP contribution is -2.52. The van der Waals surface area contributed by atoms with Crippen LogP contribution in [-0.2, 0) is 20.4 Å². The molecule has 27 heavy (non-hydrogen) atoms. The molecule has 0 saturated heterocycles. The van der Waals surface area contributed by atoms with Gasteiger partial charge in [-0.1, -0.05) is 6.07 Å². The number of aliphatic hydroxyl groups is 1. The van der Waals surface area contributed by atoms with Gasteiger partial charge >= 0.3 is 6.18 Å². The van der Waals surface area contributed by atoms with Crippen LogP contribution >= 0.6 is 0 Å². The maximum Gasteiger partial charge on any atom is 0.426 e. The molecule has 144 valence electrons. The quantitative estimate of drug-likeness (QED) is 0.794. The van der Waals surface area contributed by atoms with E-state index >= 15 is 0 Å². The second-order valence-electron chi connectivity index (χ2n) is 6.07. The molecule has 1 aromatic carbocycles. The maximum atomic E-state index is 12.9. The molecule has 7 nitrogen and oxygen atoms in total. The first-order chi connectivity index (χ1) is 12.4. The fourth-order valence-corrected chi connectivity index (χ4v) is 4.14. The molecule has 1 amide bonds. The number of rotatable bonds is 2. The largest absolute Gasteiger partial charge is 0.461 e. The average molecular weight is 403 g/mol. The Balaban J connectivity index is 2.15. The average Bonchev–Trinajstić information content (AvgIpc) is 2.97. The number of benzene rings is 1. The van der Waals surface area contributed by atoms with Crippen LogP contribution in [0.1, 0.15) is 28.6 Å². The van der Waals surface area contributed by atoms with Crippen molar-refractivity contribution >= 4 is 27.2 Å². The number of carbonyl (C=O) groups is 2. The second kappa shape index (κ2) is 5.92. The minimum Gasteiger partial charge on any atom is -0.461 e. The van der Waals surface area contributed by atoms with E-state index in [1.807, 2.05) is 0 Å². The maximum absolute atomic E-state index is 12.9. The van der Waals surface area contributed by atoms with E-state index in [9.17, 15) is 36.3 Å².